The molecular formula is C15H24N4O2S3. The van der Waals surface area contributed by atoms with Gasteiger partial charge in [0, 0.05) is 12.6 Å². The van der Waals surface area contributed by atoms with Gasteiger partial charge < -0.3 is 10.6 Å². The van der Waals surface area contributed by atoms with Gasteiger partial charge >= 0.3 is 0 Å². The van der Waals surface area contributed by atoms with Crippen LogP contribution in [0.3, 0.4) is 0 Å². The third kappa shape index (κ3) is 6.60. The highest BCUT2D eigenvalue weighted by molar-refractivity contribution is 8.04. The van der Waals surface area contributed by atoms with Gasteiger partial charge in [0.25, 0.3) is 0 Å². The molecule has 1 aromatic rings. The lowest BCUT2D eigenvalue weighted by Gasteiger charge is -2.15. The Morgan fingerprint density at radius 2 is 2.00 bits per heavy atom. The lowest BCUT2D eigenvalue weighted by atomic mass is 10.2. The van der Waals surface area contributed by atoms with Gasteiger partial charge in [0.15, 0.2) is 8.68 Å². The van der Waals surface area contributed by atoms with E-state index in [2.05, 4.69) is 20.8 Å². The highest BCUT2D eigenvalue weighted by Crippen LogP contribution is 2.31. The zero-order valence-electron chi connectivity index (χ0n) is 14.0. The molecule has 9 heteroatoms. The molecule has 6 nitrogen and oxygen atoms in total. The second kappa shape index (κ2) is 10.2. The molecule has 1 aromatic heterocycles. The first-order valence-electron chi connectivity index (χ1n) is 8.28. The number of nitrogens with zero attached hydrogens (tertiary/aromatic N) is 2. The molecule has 0 radical (unpaired) electrons. The molecule has 0 bridgehead atoms. The van der Waals surface area contributed by atoms with Crippen molar-refractivity contribution in [2.45, 2.75) is 65.9 Å². The van der Waals surface area contributed by atoms with Crippen LogP contribution in [-0.2, 0) is 9.59 Å². The van der Waals surface area contributed by atoms with Crippen LogP contribution < -0.4 is 10.6 Å². The maximum atomic E-state index is 12.2. The number of rotatable bonds is 9. The minimum absolute atomic E-state index is 0.00978. The van der Waals surface area contributed by atoms with E-state index in [0.717, 1.165) is 27.9 Å². The van der Waals surface area contributed by atoms with E-state index in [4.69, 9.17) is 0 Å². The van der Waals surface area contributed by atoms with Gasteiger partial charge in [-0.25, -0.2) is 0 Å². The van der Waals surface area contributed by atoms with E-state index < -0.39 is 0 Å². The average molecular weight is 389 g/mol. The molecule has 1 aliphatic carbocycles. The molecule has 2 amide bonds. The SMILES string of the molecule is CCCNC(=O)CSc1nnc(S[C@H](C)C(=O)NC2CCCC2)s1. The first-order valence-corrected chi connectivity index (χ1v) is 11.0. The van der Waals surface area contributed by atoms with E-state index >= 15 is 0 Å². The topological polar surface area (TPSA) is 84.0 Å². The number of hydrogen-bond acceptors (Lipinski definition) is 7. The van der Waals surface area contributed by atoms with Gasteiger partial charge in [0.05, 0.1) is 11.0 Å². The fourth-order valence-electron chi connectivity index (χ4n) is 2.34. The van der Waals surface area contributed by atoms with Gasteiger partial charge in [0.1, 0.15) is 0 Å². The van der Waals surface area contributed by atoms with Gasteiger partial charge in [-0.3, -0.25) is 9.59 Å². The molecule has 0 aliphatic heterocycles. The van der Waals surface area contributed by atoms with Crippen molar-refractivity contribution in [3.05, 3.63) is 0 Å². The summed E-state index contributed by atoms with van der Waals surface area (Å²) >= 11 is 4.23. The third-order valence-corrected chi connectivity index (χ3v) is 6.88. The smallest absolute Gasteiger partial charge is 0.233 e. The third-order valence-electron chi connectivity index (χ3n) is 3.64. The van der Waals surface area contributed by atoms with Crippen LogP contribution in [0.4, 0.5) is 0 Å². The van der Waals surface area contributed by atoms with Gasteiger partial charge in [0.2, 0.25) is 11.8 Å². The Labute approximate surface area is 155 Å². The number of nitrogens with one attached hydrogen (secondary N) is 2. The van der Waals surface area contributed by atoms with E-state index in [1.54, 1.807) is 0 Å². The molecule has 24 heavy (non-hydrogen) atoms. The number of thioether (sulfide) groups is 2. The number of hydrogen-bond donors (Lipinski definition) is 2. The first-order chi connectivity index (χ1) is 11.6. The van der Waals surface area contributed by atoms with Crippen molar-refractivity contribution in [2.75, 3.05) is 12.3 Å². The molecule has 1 fully saturated rings. The van der Waals surface area contributed by atoms with Crippen LogP contribution in [-0.4, -0.2) is 45.6 Å². The summed E-state index contributed by atoms with van der Waals surface area (Å²) in [4.78, 5) is 23.8. The van der Waals surface area contributed by atoms with Gasteiger partial charge in [-0.2, -0.15) is 0 Å². The van der Waals surface area contributed by atoms with Crippen molar-refractivity contribution < 1.29 is 9.59 Å². The fraction of sp³-hybridized carbons (Fsp3) is 0.733. The Balaban J connectivity index is 1.73. The van der Waals surface area contributed by atoms with Crippen LogP contribution in [0.15, 0.2) is 8.68 Å². The normalized spacial score (nSPS) is 16.1. The highest BCUT2D eigenvalue weighted by atomic mass is 32.2. The fourth-order valence-corrected chi connectivity index (χ4v) is 5.34. The Bertz CT molecular complexity index is 547. The van der Waals surface area contributed by atoms with Gasteiger partial charge in [-0.15, -0.1) is 10.2 Å². The van der Waals surface area contributed by atoms with E-state index in [0.29, 0.717) is 18.3 Å². The molecular weight excluding hydrogens is 364 g/mol. The summed E-state index contributed by atoms with van der Waals surface area (Å²) in [6, 6.07) is 0.336. The van der Waals surface area contributed by atoms with Crippen molar-refractivity contribution in [3.63, 3.8) is 0 Å². The molecule has 2 rings (SSSR count). The molecule has 0 aromatic carbocycles. The summed E-state index contributed by atoms with van der Waals surface area (Å²) in [5, 5.41) is 13.9. The summed E-state index contributed by atoms with van der Waals surface area (Å²) in [6.45, 7) is 4.61. The molecule has 1 saturated carbocycles. The summed E-state index contributed by atoms with van der Waals surface area (Å²) in [5.41, 5.74) is 0. The molecule has 134 valence electrons. The Morgan fingerprint density at radius 1 is 1.29 bits per heavy atom. The maximum absolute atomic E-state index is 12.2. The van der Waals surface area contributed by atoms with E-state index in [9.17, 15) is 9.59 Å². The summed E-state index contributed by atoms with van der Waals surface area (Å²) < 4.78 is 1.52. The minimum atomic E-state index is -0.191. The monoisotopic (exact) mass is 388 g/mol. The molecule has 1 atom stereocenters. The minimum Gasteiger partial charge on any atom is -0.355 e. The van der Waals surface area contributed by atoms with Crippen molar-refractivity contribution in [3.8, 4) is 0 Å². The second-order valence-corrected chi connectivity index (χ2v) is 9.51. The maximum Gasteiger partial charge on any atom is 0.233 e. The summed E-state index contributed by atoms with van der Waals surface area (Å²) in [6.07, 6.45) is 5.51. The molecule has 1 heterocycles. The van der Waals surface area contributed by atoms with Crippen LogP contribution in [0, 0.1) is 0 Å². The quantitative estimate of drug-likeness (QED) is 0.633. The Hall–Kier alpha value is -0.800. The largest absolute Gasteiger partial charge is 0.355 e. The Kier molecular flexibility index (Phi) is 8.34. The zero-order valence-corrected chi connectivity index (χ0v) is 16.5. The van der Waals surface area contributed by atoms with Crippen molar-refractivity contribution in [2.24, 2.45) is 0 Å². The number of carbonyl (C=O) groups is 2. The van der Waals surface area contributed by atoms with Crippen molar-refractivity contribution in [1.82, 2.24) is 20.8 Å². The zero-order chi connectivity index (χ0) is 17.4. The molecule has 0 spiro atoms. The van der Waals surface area contributed by atoms with E-state index in [-0.39, 0.29) is 17.1 Å². The van der Waals surface area contributed by atoms with Crippen LogP contribution in [0.2, 0.25) is 0 Å². The number of aromatic nitrogens is 2. The van der Waals surface area contributed by atoms with Crippen molar-refractivity contribution >= 4 is 46.7 Å². The Morgan fingerprint density at radius 3 is 2.71 bits per heavy atom. The summed E-state index contributed by atoms with van der Waals surface area (Å²) in [7, 11) is 0. The van der Waals surface area contributed by atoms with Crippen molar-refractivity contribution in [1.29, 1.82) is 0 Å². The average Bonchev–Trinajstić information content (AvgIpc) is 3.22. The highest BCUT2D eigenvalue weighted by Gasteiger charge is 2.22. The van der Waals surface area contributed by atoms with Crippen LogP contribution in [0.5, 0.6) is 0 Å². The molecule has 0 unspecified atom stereocenters. The lowest BCUT2D eigenvalue weighted by Crippen LogP contribution is -2.37. The lowest BCUT2D eigenvalue weighted by molar-refractivity contribution is -0.121. The van der Waals surface area contributed by atoms with Crippen LogP contribution in [0.25, 0.3) is 0 Å². The molecule has 2 N–H and O–H groups in total. The van der Waals surface area contributed by atoms with Crippen LogP contribution >= 0.6 is 34.9 Å². The molecule has 0 saturated heterocycles. The summed E-state index contributed by atoms with van der Waals surface area (Å²) in [5.74, 6) is 0.419. The molecule has 1 aliphatic rings. The predicted molar refractivity (Wildman–Crippen MR) is 99.7 cm³/mol. The van der Waals surface area contributed by atoms with Crippen LogP contribution in [0.1, 0.15) is 46.0 Å². The van der Waals surface area contributed by atoms with Gasteiger partial charge in [-0.1, -0.05) is 54.6 Å². The van der Waals surface area contributed by atoms with E-state index in [1.807, 2.05) is 13.8 Å². The number of amides is 2. The predicted octanol–water partition coefficient (Wildman–Crippen LogP) is 2.70. The second-order valence-electron chi connectivity index (χ2n) is 5.72. The standard InChI is InChI=1S/C15H24N4O2S3/c1-3-8-16-12(20)9-22-14-18-19-15(24-14)23-10(2)13(21)17-11-6-4-5-7-11/h10-11H,3-9H2,1-2H3,(H,16,20)(H,17,21)/t10-/m1/s1. The number of carbonyl (C=O) groups excluding carboxylic acids is 2. The van der Waals surface area contributed by atoms with E-state index in [1.165, 1.54) is 47.7 Å². The first kappa shape index (κ1) is 19.5. The van der Waals surface area contributed by atoms with Gasteiger partial charge in [-0.05, 0) is 26.2 Å².